The number of halogens is 1. The van der Waals surface area contributed by atoms with Gasteiger partial charge in [-0.25, -0.2) is 4.39 Å². The summed E-state index contributed by atoms with van der Waals surface area (Å²) in [5.41, 5.74) is 6.28. The molecule has 0 bridgehead atoms. The first-order valence-corrected chi connectivity index (χ1v) is 4.96. The largest absolute Gasteiger partial charge is 0.494 e. The Bertz CT molecular complexity index is 391. The fourth-order valence-corrected chi connectivity index (χ4v) is 1.20. The van der Waals surface area contributed by atoms with Crippen LogP contribution in [0.2, 0.25) is 0 Å². The second kappa shape index (κ2) is 5.34. The zero-order chi connectivity index (χ0) is 12.1. The van der Waals surface area contributed by atoms with Crippen LogP contribution in [0.4, 0.5) is 10.1 Å². The van der Waals surface area contributed by atoms with E-state index in [-0.39, 0.29) is 11.8 Å². The van der Waals surface area contributed by atoms with Crippen molar-refractivity contribution in [2.45, 2.75) is 19.9 Å². The zero-order valence-electron chi connectivity index (χ0n) is 9.62. The highest BCUT2D eigenvalue weighted by atomic mass is 19.1. The molecule has 0 heterocycles. The molecule has 1 aromatic carbocycles. The van der Waals surface area contributed by atoms with Crippen molar-refractivity contribution in [1.29, 1.82) is 0 Å². The number of hydrogen-bond acceptors (Lipinski definition) is 2. The van der Waals surface area contributed by atoms with Gasteiger partial charge in [-0.1, -0.05) is 0 Å². The molecule has 0 unspecified atom stereocenters. The number of ether oxygens (including phenoxy) is 1. The first-order valence-electron chi connectivity index (χ1n) is 4.96. The van der Waals surface area contributed by atoms with E-state index in [1.807, 2.05) is 13.8 Å². The van der Waals surface area contributed by atoms with Crippen LogP contribution in [0.3, 0.4) is 0 Å². The van der Waals surface area contributed by atoms with Gasteiger partial charge in [0, 0.05) is 17.8 Å². The third-order valence-corrected chi connectivity index (χ3v) is 1.82. The standard InChI is InChI=1S/C11H16FN3O/c1-7(2)14-11(13)15-8-4-5-9(12)10(6-8)16-3/h4-7H,1-3H3,(H3,13,14,15). The number of nitrogens with two attached hydrogens (primary N) is 1. The highest BCUT2D eigenvalue weighted by molar-refractivity contribution is 5.92. The molecule has 0 saturated heterocycles. The van der Waals surface area contributed by atoms with E-state index in [2.05, 4.69) is 10.3 Å². The summed E-state index contributed by atoms with van der Waals surface area (Å²) in [6.07, 6.45) is 0. The Labute approximate surface area is 94.3 Å². The Hall–Kier alpha value is -1.78. The lowest BCUT2D eigenvalue weighted by Crippen LogP contribution is -2.23. The third kappa shape index (κ3) is 3.42. The Morgan fingerprint density at radius 3 is 2.75 bits per heavy atom. The highest BCUT2D eigenvalue weighted by Gasteiger charge is 2.04. The molecule has 3 N–H and O–H groups in total. The second-order valence-electron chi connectivity index (χ2n) is 3.58. The normalized spacial score (nSPS) is 11.7. The van der Waals surface area contributed by atoms with Crippen LogP contribution < -0.4 is 15.8 Å². The molecule has 0 amide bonds. The van der Waals surface area contributed by atoms with Crippen LogP contribution in [-0.2, 0) is 0 Å². The summed E-state index contributed by atoms with van der Waals surface area (Å²) in [7, 11) is 1.41. The Balaban J connectivity index is 2.82. The lowest BCUT2D eigenvalue weighted by Gasteiger charge is -2.08. The van der Waals surface area contributed by atoms with Crippen LogP contribution in [0, 0.1) is 5.82 Å². The number of nitrogens with one attached hydrogen (secondary N) is 1. The summed E-state index contributed by atoms with van der Waals surface area (Å²) in [4.78, 5) is 4.10. The molecule has 5 heteroatoms. The molecule has 0 aromatic heterocycles. The van der Waals surface area contributed by atoms with Gasteiger partial charge in [0.1, 0.15) is 0 Å². The zero-order valence-corrected chi connectivity index (χ0v) is 9.62. The minimum absolute atomic E-state index is 0.106. The number of aliphatic imine (C=N–C) groups is 1. The van der Waals surface area contributed by atoms with Crippen molar-refractivity contribution in [3.63, 3.8) is 0 Å². The maximum Gasteiger partial charge on any atom is 0.193 e. The van der Waals surface area contributed by atoms with Crippen molar-refractivity contribution in [3.8, 4) is 5.75 Å². The highest BCUT2D eigenvalue weighted by Crippen LogP contribution is 2.21. The quantitative estimate of drug-likeness (QED) is 0.610. The van der Waals surface area contributed by atoms with Crippen molar-refractivity contribution in [2.24, 2.45) is 10.7 Å². The van der Waals surface area contributed by atoms with Crippen molar-refractivity contribution in [3.05, 3.63) is 24.0 Å². The summed E-state index contributed by atoms with van der Waals surface area (Å²) in [5, 5.41) is 2.86. The van der Waals surface area contributed by atoms with Crippen LogP contribution in [-0.4, -0.2) is 19.1 Å². The summed E-state index contributed by atoms with van der Waals surface area (Å²) in [6.45, 7) is 3.83. The van der Waals surface area contributed by atoms with Crippen LogP contribution in [0.5, 0.6) is 5.75 Å². The van der Waals surface area contributed by atoms with Crippen LogP contribution >= 0.6 is 0 Å². The van der Waals surface area contributed by atoms with E-state index in [4.69, 9.17) is 10.5 Å². The minimum atomic E-state index is -0.410. The summed E-state index contributed by atoms with van der Waals surface area (Å²) in [6, 6.07) is 4.51. The van der Waals surface area contributed by atoms with Gasteiger partial charge in [0.25, 0.3) is 0 Å². The minimum Gasteiger partial charge on any atom is -0.494 e. The van der Waals surface area contributed by atoms with E-state index in [1.165, 1.54) is 19.2 Å². The summed E-state index contributed by atoms with van der Waals surface area (Å²) in [5.74, 6) is 0.0541. The monoisotopic (exact) mass is 225 g/mol. The molecule has 0 fully saturated rings. The average molecular weight is 225 g/mol. The summed E-state index contributed by atoms with van der Waals surface area (Å²) >= 11 is 0. The third-order valence-electron chi connectivity index (χ3n) is 1.82. The Morgan fingerprint density at radius 2 is 2.19 bits per heavy atom. The molecule has 16 heavy (non-hydrogen) atoms. The number of nitrogens with zero attached hydrogens (tertiary/aromatic N) is 1. The van der Waals surface area contributed by atoms with Gasteiger partial charge in [-0.05, 0) is 26.0 Å². The van der Waals surface area contributed by atoms with Gasteiger partial charge in [-0.2, -0.15) is 0 Å². The molecule has 0 saturated carbocycles. The van der Waals surface area contributed by atoms with Gasteiger partial charge in [-0.3, -0.25) is 4.99 Å². The molecule has 0 spiro atoms. The van der Waals surface area contributed by atoms with Crippen molar-refractivity contribution in [1.82, 2.24) is 0 Å². The van der Waals surface area contributed by atoms with E-state index in [1.54, 1.807) is 6.07 Å². The number of methoxy groups -OCH3 is 1. The maximum atomic E-state index is 13.1. The van der Waals surface area contributed by atoms with E-state index < -0.39 is 5.82 Å². The molecular formula is C11H16FN3O. The fraction of sp³-hybridized carbons (Fsp3) is 0.364. The van der Waals surface area contributed by atoms with Gasteiger partial charge < -0.3 is 15.8 Å². The summed E-state index contributed by atoms with van der Waals surface area (Å²) < 4.78 is 18.0. The molecule has 88 valence electrons. The molecule has 1 aromatic rings. The number of rotatable bonds is 3. The molecule has 0 radical (unpaired) electrons. The predicted octanol–water partition coefficient (Wildman–Crippen LogP) is 1.97. The van der Waals surface area contributed by atoms with Crippen molar-refractivity contribution < 1.29 is 9.13 Å². The second-order valence-corrected chi connectivity index (χ2v) is 3.58. The van der Waals surface area contributed by atoms with E-state index in [0.717, 1.165) is 0 Å². The average Bonchev–Trinajstić information content (AvgIpc) is 2.19. The number of hydrogen-bond donors (Lipinski definition) is 2. The van der Waals surface area contributed by atoms with Gasteiger partial charge >= 0.3 is 0 Å². The molecule has 1 rings (SSSR count). The lowest BCUT2D eigenvalue weighted by atomic mass is 10.3. The van der Waals surface area contributed by atoms with E-state index in [9.17, 15) is 4.39 Å². The smallest absolute Gasteiger partial charge is 0.193 e. The van der Waals surface area contributed by atoms with Crippen molar-refractivity contribution >= 4 is 11.6 Å². The maximum absolute atomic E-state index is 13.1. The molecule has 4 nitrogen and oxygen atoms in total. The predicted molar refractivity (Wildman–Crippen MR) is 63.3 cm³/mol. The van der Waals surface area contributed by atoms with Gasteiger partial charge in [-0.15, -0.1) is 0 Å². The molecule has 0 aliphatic heterocycles. The van der Waals surface area contributed by atoms with Crippen LogP contribution in [0.1, 0.15) is 13.8 Å². The first-order chi connectivity index (χ1) is 7.52. The Kier molecular flexibility index (Phi) is 4.10. The fourth-order valence-electron chi connectivity index (χ4n) is 1.20. The van der Waals surface area contributed by atoms with Gasteiger partial charge in [0.15, 0.2) is 17.5 Å². The molecule has 0 aliphatic rings. The SMILES string of the molecule is COc1cc(NC(N)=NC(C)C)ccc1F. The number of benzene rings is 1. The van der Waals surface area contributed by atoms with Gasteiger partial charge in [0.2, 0.25) is 0 Å². The molecule has 0 atom stereocenters. The van der Waals surface area contributed by atoms with Crippen molar-refractivity contribution in [2.75, 3.05) is 12.4 Å². The first kappa shape index (κ1) is 12.3. The van der Waals surface area contributed by atoms with Crippen LogP contribution in [0.25, 0.3) is 0 Å². The molecular weight excluding hydrogens is 209 g/mol. The molecule has 0 aliphatic carbocycles. The van der Waals surface area contributed by atoms with Crippen LogP contribution in [0.15, 0.2) is 23.2 Å². The number of guanidine groups is 1. The van der Waals surface area contributed by atoms with E-state index in [0.29, 0.717) is 11.6 Å². The Morgan fingerprint density at radius 1 is 1.50 bits per heavy atom. The van der Waals surface area contributed by atoms with E-state index >= 15 is 0 Å². The lowest BCUT2D eigenvalue weighted by molar-refractivity contribution is 0.387. The van der Waals surface area contributed by atoms with Gasteiger partial charge in [0.05, 0.1) is 7.11 Å². The number of anilines is 1. The topological polar surface area (TPSA) is 59.6 Å².